The van der Waals surface area contributed by atoms with E-state index in [0.29, 0.717) is 12.1 Å². The number of likely N-dealkylation sites (N-methyl/N-ethyl adjacent to an activating group) is 1. The zero-order valence-electron chi connectivity index (χ0n) is 16.2. The van der Waals surface area contributed by atoms with Crippen LogP contribution in [0, 0.1) is 0 Å². The molecule has 1 atom stereocenters. The molecule has 0 aliphatic carbocycles. The molecule has 1 N–H and O–H groups in total. The Morgan fingerprint density at radius 3 is 2.25 bits per heavy atom. The SMILES string of the molecule is CCn1ccc(CN(C)C(=O)C(NC(=O)c2ccccc2)c2ccccc2)c1. The summed E-state index contributed by atoms with van der Waals surface area (Å²) >= 11 is 0. The van der Waals surface area contributed by atoms with E-state index in [1.807, 2.05) is 54.9 Å². The van der Waals surface area contributed by atoms with Gasteiger partial charge in [0.15, 0.2) is 0 Å². The number of benzene rings is 2. The van der Waals surface area contributed by atoms with Crippen molar-refractivity contribution in [1.29, 1.82) is 0 Å². The summed E-state index contributed by atoms with van der Waals surface area (Å²) in [6, 6.07) is 19.5. The van der Waals surface area contributed by atoms with E-state index in [0.717, 1.165) is 17.7 Å². The molecule has 3 rings (SSSR count). The lowest BCUT2D eigenvalue weighted by atomic mass is 10.0. The third-order valence-electron chi connectivity index (χ3n) is 4.66. The van der Waals surface area contributed by atoms with E-state index in [1.54, 1.807) is 36.2 Å². The van der Waals surface area contributed by atoms with E-state index in [9.17, 15) is 9.59 Å². The average molecular weight is 375 g/mol. The zero-order valence-corrected chi connectivity index (χ0v) is 16.2. The molecule has 28 heavy (non-hydrogen) atoms. The largest absolute Gasteiger partial charge is 0.354 e. The quantitative estimate of drug-likeness (QED) is 0.685. The van der Waals surface area contributed by atoms with Crippen molar-refractivity contribution in [3.63, 3.8) is 0 Å². The van der Waals surface area contributed by atoms with Crippen molar-refractivity contribution in [3.05, 3.63) is 95.8 Å². The standard InChI is InChI=1S/C23H25N3O2/c1-3-26-15-14-18(17-26)16-25(2)23(28)21(19-10-6-4-7-11-19)24-22(27)20-12-8-5-9-13-20/h4-15,17,21H,3,16H2,1-2H3,(H,24,27). The van der Waals surface area contributed by atoms with Crippen LogP contribution in [0.5, 0.6) is 0 Å². The number of carbonyl (C=O) groups excluding carboxylic acids is 2. The number of aryl methyl sites for hydroxylation is 1. The van der Waals surface area contributed by atoms with Crippen LogP contribution in [-0.2, 0) is 17.9 Å². The Kier molecular flexibility index (Phi) is 6.27. The first-order chi connectivity index (χ1) is 13.6. The molecule has 0 bridgehead atoms. The molecule has 0 aliphatic rings. The maximum absolute atomic E-state index is 13.2. The van der Waals surface area contributed by atoms with Crippen molar-refractivity contribution in [2.24, 2.45) is 0 Å². The number of rotatable bonds is 7. The third kappa shape index (κ3) is 4.68. The smallest absolute Gasteiger partial charge is 0.252 e. The third-order valence-corrected chi connectivity index (χ3v) is 4.66. The predicted molar refractivity (Wildman–Crippen MR) is 110 cm³/mol. The molecule has 0 fully saturated rings. The molecule has 5 heteroatoms. The topological polar surface area (TPSA) is 54.3 Å². The summed E-state index contributed by atoms with van der Waals surface area (Å²) in [6.07, 6.45) is 4.03. The minimum atomic E-state index is -0.743. The molecule has 3 aromatic rings. The van der Waals surface area contributed by atoms with Crippen molar-refractivity contribution in [2.75, 3.05) is 7.05 Å². The highest BCUT2D eigenvalue weighted by molar-refractivity contribution is 5.97. The van der Waals surface area contributed by atoms with E-state index in [1.165, 1.54) is 0 Å². The van der Waals surface area contributed by atoms with Gasteiger partial charge in [-0.1, -0.05) is 48.5 Å². The summed E-state index contributed by atoms with van der Waals surface area (Å²) in [6.45, 7) is 3.44. The fraction of sp³-hybridized carbons (Fsp3) is 0.217. The molecule has 0 saturated heterocycles. The number of amides is 2. The summed E-state index contributed by atoms with van der Waals surface area (Å²) < 4.78 is 2.07. The lowest BCUT2D eigenvalue weighted by Crippen LogP contribution is -2.41. The maximum atomic E-state index is 13.2. The fourth-order valence-electron chi connectivity index (χ4n) is 3.09. The van der Waals surface area contributed by atoms with Crippen LogP contribution in [0.4, 0.5) is 0 Å². The van der Waals surface area contributed by atoms with Crippen molar-refractivity contribution in [1.82, 2.24) is 14.8 Å². The van der Waals surface area contributed by atoms with Crippen LogP contribution in [0.3, 0.4) is 0 Å². The molecule has 2 amide bonds. The summed E-state index contributed by atoms with van der Waals surface area (Å²) in [5.41, 5.74) is 2.34. The minimum Gasteiger partial charge on any atom is -0.354 e. The second-order valence-corrected chi connectivity index (χ2v) is 6.73. The lowest BCUT2D eigenvalue weighted by molar-refractivity contribution is -0.132. The van der Waals surface area contributed by atoms with Gasteiger partial charge in [0.1, 0.15) is 6.04 Å². The molecule has 144 valence electrons. The van der Waals surface area contributed by atoms with Gasteiger partial charge in [0.25, 0.3) is 5.91 Å². The normalized spacial score (nSPS) is 11.6. The van der Waals surface area contributed by atoms with E-state index >= 15 is 0 Å². The first kappa shape index (κ1) is 19.4. The van der Waals surface area contributed by atoms with Gasteiger partial charge in [0.05, 0.1) is 0 Å². The first-order valence-electron chi connectivity index (χ1n) is 9.39. The number of hydrogen-bond donors (Lipinski definition) is 1. The highest BCUT2D eigenvalue weighted by Gasteiger charge is 2.26. The minimum absolute atomic E-state index is 0.153. The van der Waals surface area contributed by atoms with E-state index in [4.69, 9.17) is 0 Å². The van der Waals surface area contributed by atoms with Crippen LogP contribution in [0.25, 0.3) is 0 Å². The van der Waals surface area contributed by atoms with Gasteiger partial charge < -0.3 is 14.8 Å². The molecule has 5 nitrogen and oxygen atoms in total. The van der Waals surface area contributed by atoms with Crippen molar-refractivity contribution in [2.45, 2.75) is 26.1 Å². The lowest BCUT2D eigenvalue weighted by Gasteiger charge is -2.25. The number of hydrogen-bond acceptors (Lipinski definition) is 2. The molecule has 1 aromatic heterocycles. The predicted octanol–water partition coefficient (Wildman–Crippen LogP) is 3.64. The monoisotopic (exact) mass is 375 g/mol. The van der Waals surface area contributed by atoms with Crippen molar-refractivity contribution >= 4 is 11.8 Å². The Balaban J connectivity index is 1.79. The van der Waals surface area contributed by atoms with Crippen molar-refractivity contribution < 1.29 is 9.59 Å². The van der Waals surface area contributed by atoms with Crippen LogP contribution < -0.4 is 5.32 Å². The zero-order chi connectivity index (χ0) is 19.9. The van der Waals surface area contributed by atoms with Gasteiger partial charge in [-0.15, -0.1) is 0 Å². The van der Waals surface area contributed by atoms with Gasteiger partial charge in [-0.25, -0.2) is 0 Å². The summed E-state index contributed by atoms with van der Waals surface area (Å²) in [7, 11) is 1.76. The Morgan fingerprint density at radius 1 is 1.00 bits per heavy atom. The van der Waals surface area contributed by atoms with Crippen LogP contribution >= 0.6 is 0 Å². The Labute approximate surface area is 165 Å². The molecular formula is C23H25N3O2. The average Bonchev–Trinajstić information content (AvgIpc) is 3.20. The van der Waals surface area contributed by atoms with Gasteiger partial charge in [0, 0.05) is 38.1 Å². The Hall–Kier alpha value is -3.34. The second kappa shape index (κ2) is 9.04. The van der Waals surface area contributed by atoms with Gasteiger partial charge >= 0.3 is 0 Å². The Morgan fingerprint density at radius 2 is 1.64 bits per heavy atom. The Bertz CT molecular complexity index is 919. The van der Waals surface area contributed by atoms with Gasteiger partial charge in [-0.3, -0.25) is 9.59 Å². The van der Waals surface area contributed by atoms with Gasteiger partial charge in [-0.2, -0.15) is 0 Å². The van der Waals surface area contributed by atoms with Crippen LogP contribution in [0.2, 0.25) is 0 Å². The first-order valence-corrected chi connectivity index (χ1v) is 9.39. The van der Waals surface area contributed by atoms with Crippen LogP contribution in [0.15, 0.2) is 79.1 Å². The molecule has 1 heterocycles. The molecule has 0 saturated carbocycles. The van der Waals surface area contributed by atoms with E-state index < -0.39 is 6.04 Å². The van der Waals surface area contributed by atoms with Crippen molar-refractivity contribution in [3.8, 4) is 0 Å². The molecule has 0 spiro atoms. The highest BCUT2D eigenvalue weighted by atomic mass is 16.2. The number of nitrogens with zero attached hydrogens (tertiary/aromatic N) is 2. The molecular weight excluding hydrogens is 350 g/mol. The van der Waals surface area contributed by atoms with Gasteiger partial charge in [0.2, 0.25) is 5.91 Å². The summed E-state index contributed by atoms with van der Waals surface area (Å²) in [5.74, 6) is -0.423. The molecule has 0 radical (unpaired) electrons. The van der Waals surface area contributed by atoms with Gasteiger partial charge in [-0.05, 0) is 36.2 Å². The summed E-state index contributed by atoms with van der Waals surface area (Å²) in [4.78, 5) is 27.5. The number of carbonyl (C=O) groups is 2. The van der Waals surface area contributed by atoms with Crippen LogP contribution in [0.1, 0.15) is 34.5 Å². The maximum Gasteiger partial charge on any atom is 0.252 e. The molecule has 2 aromatic carbocycles. The van der Waals surface area contributed by atoms with E-state index in [2.05, 4.69) is 16.8 Å². The fourth-order valence-corrected chi connectivity index (χ4v) is 3.09. The molecule has 1 unspecified atom stereocenters. The number of nitrogens with one attached hydrogen (secondary N) is 1. The van der Waals surface area contributed by atoms with Crippen LogP contribution in [-0.4, -0.2) is 28.3 Å². The highest BCUT2D eigenvalue weighted by Crippen LogP contribution is 2.18. The second-order valence-electron chi connectivity index (χ2n) is 6.73. The molecule has 0 aliphatic heterocycles. The van der Waals surface area contributed by atoms with E-state index in [-0.39, 0.29) is 11.8 Å². The summed E-state index contributed by atoms with van der Waals surface area (Å²) in [5, 5.41) is 2.90. The number of aromatic nitrogens is 1.